The Bertz CT molecular complexity index is 789. The summed E-state index contributed by atoms with van der Waals surface area (Å²) in [5, 5.41) is 4.84. The average molecular weight is 362 g/mol. The fourth-order valence-electron chi connectivity index (χ4n) is 3.67. The molecule has 0 bridgehead atoms. The van der Waals surface area contributed by atoms with E-state index in [9.17, 15) is 14.0 Å². The number of hydrogen-bond acceptors (Lipinski definition) is 3. The minimum atomic E-state index is -0.238. The third-order valence-corrected chi connectivity index (χ3v) is 6.06. The van der Waals surface area contributed by atoms with Gasteiger partial charge in [-0.3, -0.25) is 9.59 Å². The zero-order valence-electron chi connectivity index (χ0n) is 14.4. The standard InChI is InChI=1S/C19H23FN2O2S/c1-14-12-25-18(24)22(14)11-8-17(23)21-13-19(9-2-3-10-19)15-4-6-16(20)7-5-15/h4-7,12H,2-3,8-11,13H2,1H3,(H,21,23). The highest BCUT2D eigenvalue weighted by Gasteiger charge is 2.35. The van der Waals surface area contributed by atoms with E-state index in [-0.39, 0.29) is 28.4 Å². The van der Waals surface area contributed by atoms with Gasteiger partial charge >= 0.3 is 4.87 Å². The van der Waals surface area contributed by atoms with Crippen molar-refractivity contribution in [3.8, 4) is 0 Å². The van der Waals surface area contributed by atoms with Crippen LogP contribution in [0.2, 0.25) is 0 Å². The maximum atomic E-state index is 13.2. The molecule has 6 heteroatoms. The molecule has 25 heavy (non-hydrogen) atoms. The number of amides is 1. The van der Waals surface area contributed by atoms with Crippen LogP contribution in [0.4, 0.5) is 4.39 Å². The van der Waals surface area contributed by atoms with E-state index in [1.807, 2.05) is 24.4 Å². The largest absolute Gasteiger partial charge is 0.355 e. The molecule has 1 amide bonds. The van der Waals surface area contributed by atoms with E-state index >= 15 is 0 Å². The molecule has 2 aromatic rings. The van der Waals surface area contributed by atoms with Crippen LogP contribution in [0.5, 0.6) is 0 Å². The number of benzene rings is 1. The smallest absolute Gasteiger partial charge is 0.307 e. The summed E-state index contributed by atoms with van der Waals surface area (Å²) in [6, 6.07) is 6.65. The fourth-order valence-corrected chi connectivity index (χ4v) is 4.43. The summed E-state index contributed by atoms with van der Waals surface area (Å²) in [4.78, 5) is 23.9. The van der Waals surface area contributed by atoms with Gasteiger partial charge < -0.3 is 9.88 Å². The van der Waals surface area contributed by atoms with Crippen molar-refractivity contribution in [2.24, 2.45) is 0 Å². The number of carbonyl (C=O) groups excluding carboxylic acids is 1. The van der Waals surface area contributed by atoms with Crippen molar-refractivity contribution in [2.75, 3.05) is 6.54 Å². The predicted octanol–water partition coefficient (Wildman–Crippen LogP) is 3.38. The van der Waals surface area contributed by atoms with Crippen LogP contribution in [0.25, 0.3) is 0 Å². The molecule has 0 spiro atoms. The molecule has 1 heterocycles. The molecule has 1 aliphatic rings. The minimum Gasteiger partial charge on any atom is -0.355 e. The summed E-state index contributed by atoms with van der Waals surface area (Å²) in [6.45, 7) is 2.84. The molecule has 0 radical (unpaired) electrons. The molecule has 0 saturated heterocycles. The zero-order valence-corrected chi connectivity index (χ0v) is 15.2. The zero-order chi connectivity index (χ0) is 17.9. The van der Waals surface area contributed by atoms with Gasteiger partial charge in [-0.2, -0.15) is 0 Å². The molecular formula is C19H23FN2O2S. The highest BCUT2D eigenvalue weighted by molar-refractivity contribution is 7.07. The lowest BCUT2D eigenvalue weighted by molar-refractivity contribution is -0.121. The van der Waals surface area contributed by atoms with Crippen LogP contribution in [0.15, 0.2) is 34.4 Å². The Labute approximate surface area is 150 Å². The number of nitrogens with one attached hydrogen (secondary N) is 1. The summed E-state index contributed by atoms with van der Waals surface area (Å²) in [7, 11) is 0. The van der Waals surface area contributed by atoms with E-state index in [0.717, 1.165) is 48.3 Å². The van der Waals surface area contributed by atoms with Crippen molar-refractivity contribution >= 4 is 17.2 Å². The molecule has 134 valence electrons. The van der Waals surface area contributed by atoms with Gasteiger partial charge in [0, 0.05) is 36.0 Å². The highest BCUT2D eigenvalue weighted by atomic mass is 32.1. The van der Waals surface area contributed by atoms with Crippen LogP contribution >= 0.6 is 11.3 Å². The quantitative estimate of drug-likeness (QED) is 0.856. The molecule has 0 atom stereocenters. The summed E-state index contributed by atoms with van der Waals surface area (Å²) >= 11 is 1.16. The summed E-state index contributed by atoms with van der Waals surface area (Å²) in [5.74, 6) is -0.289. The molecule has 1 saturated carbocycles. The summed E-state index contributed by atoms with van der Waals surface area (Å²) in [6.07, 6.45) is 4.54. The first-order chi connectivity index (χ1) is 12.0. The number of thiazole rings is 1. The van der Waals surface area contributed by atoms with Gasteiger partial charge in [0.05, 0.1) is 0 Å². The number of aromatic nitrogens is 1. The maximum absolute atomic E-state index is 13.2. The van der Waals surface area contributed by atoms with E-state index in [1.54, 1.807) is 4.57 Å². The van der Waals surface area contributed by atoms with Gasteiger partial charge in [-0.1, -0.05) is 36.3 Å². The van der Waals surface area contributed by atoms with Gasteiger partial charge in [-0.15, -0.1) is 0 Å². The first kappa shape index (κ1) is 17.9. The van der Waals surface area contributed by atoms with Crippen LogP contribution < -0.4 is 10.2 Å². The monoisotopic (exact) mass is 362 g/mol. The lowest BCUT2D eigenvalue weighted by atomic mass is 9.79. The van der Waals surface area contributed by atoms with Gasteiger partial charge in [0.15, 0.2) is 0 Å². The van der Waals surface area contributed by atoms with Crippen molar-refractivity contribution in [3.63, 3.8) is 0 Å². The normalized spacial score (nSPS) is 16.1. The van der Waals surface area contributed by atoms with E-state index in [4.69, 9.17) is 0 Å². The number of halogens is 1. The predicted molar refractivity (Wildman–Crippen MR) is 97.5 cm³/mol. The number of hydrogen-bond donors (Lipinski definition) is 1. The van der Waals surface area contributed by atoms with Gasteiger partial charge in [0.1, 0.15) is 5.82 Å². The Kier molecular flexibility index (Phi) is 5.37. The van der Waals surface area contributed by atoms with Crippen LogP contribution in [-0.4, -0.2) is 17.0 Å². The lowest BCUT2D eigenvalue weighted by Gasteiger charge is -2.30. The van der Waals surface area contributed by atoms with E-state index < -0.39 is 0 Å². The Morgan fingerprint density at radius 3 is 2.56 bits per heavy atom. The molecule has 1 fully saturated rings. The SMILES string of the molecule is Cc1csc(=O)n1CCC(=O)NCC1(c2ccc(F)cc2)CCCC1. The summed E-state index contributed by atoms with van der Waals surface area (Å²) < 4.78 is 14.9. The summed E-state index contributed by atoms with van der Waals surface area (Å²) in [5.41, 5.74) is 1.89. The Balaban J connectivity index is 1.61. The molecule has 0 unspecified atom stereocenters. The van der Waals surface area contributed by atoms with Gasteiger partial charge in [0.2, 0.25) is 5.91 Å². The Hall–Kier alpha value is -1.95. The van der Waals surface area contributed by atoms with Crippen molar-refractivity contribution in [1.29, 1.82) is 0 Å². The molecule has 1 aromatic heterocycles. The van der Waals surface area contributed by atoms with Crippen molar-refractivity contribution in [3.05, 3.63) is 56.4 Å². The number of nitrogens with zero attached hydrogens (tertiary/aromatic N) is 1. The Morgan fingerprint density at radius 1 is 1.28 bits per heavy atom. The second-order valence-corrected chi connectivity index (χ2v) is 7.64. The van der Waals surface area contributed by atoms with Crippen LogP contribution in [0.3, 0.4) is 0 Å². The fraction of sp³-hybridized carbons (Fsp3) is 0.474. The first-order valence-electron chi connectivity index (χ1n) is 8.68. The van der Waals surface area contributed by atoms with E-state index in [1.165, 1.54) is 12.1 Å². The van der Waals surface area contributed by atoms with Crippen LogP contribution in [-0.2, 0) is 16.8 Å². The number of aryl methyl sites for hydroxylation is 1. The van der Waals surface area contributed by atoms with Gasteiger partial charge in [0.25, 0.3) is 0 Å². The van der Waals surface area contributed by atoms with Crippen LogP contribution in [0, 0.1) is 12.7 Å². The van der Waals surface area contributed by atoms with Crippen LogP contribution in [0.1, 0.15) is 43.4 Å². The topological polar surface area (TPSA) is 51.1 Å². The first-order valence-corrected chi connectivity index (χ1v) is 9.56. The molecule has 0 aliphatic heterocycles. The number of rotatable bonds is 6. The lowest BCUT2D eigenvalue weighted by Crippen LogP contribution is -2.39. The number of carbonyl (C=O) groups is 1. The van der Waals surface area contributed by atoms with Crippen molar-refractivity contribution in [2.45, 2.75) is 51.0 Å². The highest BCUT2D eigenvalue weighted by Crippen LogP contribution is 2.40. The Morgan fingerprint density at radius 2 is 1.96 bits per heavy atom. The third kappa shape index (κ3) is 4.00. The average Bonchev–Trinajstić information content (AvgIpc) is 3.20. The van der Waals surface area contributed by atoms with Gasteiger partial charge in [-0.25, -0.2) is 4.39 Å². The molecule has 3 rings (SSSR count). The second kappa shape index (κ2) is 7.52. The molecular weight excluding hydrogens is 339 g/mol. The molecule has 4 nitrogen and oxygen atoms in total. The molecule has 1 N–H and O–H groups in total. The third-order valence-electron chi connectivity index (χ3n) is 5.18. The minimum absolute atomic E-state index is 0.0242. The van der Waals surface area contributed by atoms with E-state index in [0.29, 0.717) is 13.1 Å². The molecule has 1 aliphatic carbocycles. The van der Waals surface area contributed by atoms with Gasteiger partial charge in [-0.05, 0) is 37.5 Å². The van der Waals surface area contributed by atoms with Crippen molar-refractivity contribution in [1.82, 2.24) is 9.88 Å². The maximum Gasteiger partial charge on any atom is 0.307 e. The molecule has 1 aromatic carbocycles. The van der Waals surface area contributed by atoms with E-state index in [2.05, 4.69) is 5.32 Å². The second-order valence-electron chi connectivity index (χ2n) is 6.82. The van der Waals surface area contributed by atoms with Crippen molar-refractivity contribution < 1.29 is 9.18 Å².